The number of aromatic nitrogens is 1. The van der Waals surface area contributed by atoms with Crippen molar-refractivity contribution in [2.75, 3.05) is 41.4 Å². The highest BCUT2D eigenvalue weighted by Crippen LogP contribution is 2.23. The predicted octanol–water partition coefficient (Wildman–Crippen LogP) is 4.84. The summed E-state index contributed by atoms with van der Waals surface area (Å²) in [6.45, 7) is 2.90. The summed E-state index contributed by atoms with van der Waals surface area (Å²) >= 11 is 3.52. The number of nitrogens with one attached hydrogen (secondary N) is 1. The van der Waals surface area contributed by atoms with Crippen LogP contribution in [0.4, 0.5) is 26.7 Å². The van der Waals surface area contributed by atoms with Gasteiger partial charge in [-0.15, -0.1) is 0 Å². The number of pyridine rings is 1. The molecule has 248 valence electrons. The number of hydrogen-bond acceptors (Lipinski definition) is 5. The number of rotatable bonds is 12. The van der Waals surface area contributed by atoms with E-state index in [-0.39, 0.29) is 44.6 Å². The molecule has 0 spiro atoms. The van der Waals surface area contributed by atoms with Crippen molar-refractivity contribution in [1.29, 1.82) is 0 Å². The molecule has 0 radical (unpaired) electrons. The summed E-state index contributed by atoms with van der Waals surface area (Å²) in [5, 5.41) is 4.68. The van der Waals surface area contributed by atoms with Crippen molar-refractivity contribution in [2.24, 2.45) is 0 Å². The van der Waals surface area contributed by atoms with Gasteiger partial charge in [0.25, 0.3) is 5.91 Å². The van der Waals surface area contributed by atoms with Gasteiger partial charge in [-0.05, 0) is 57.7 Å². The molecule has 0 aliphatic carbocycles. The third-order valence-electron chi connectivity index (χ3n) is 7.33. The zero-order valence-electron chi connectivity index (χ0n) is 26.4. The summed E-state index contributed by atoms with van der Waals surface area (Å²) in [7, 11) is 0. The maximum Gasteiger partial charge on any atom is 0.414 e. The standard InChI is InChI=1S/C37H35BrN4O5.ClH/c1-2-20-40-26-29(25-30(38)27-40)35(43)41(31-14-5-3-6-15-31)21-24-47-37(45)42(32-16-7-4-8-17-32)22-23-46-36(44)39-34-19-11-13-28-12-9-10-18-33(28)34;/h3-19,25-27H,2,20-24H2,1H3;1H. The second-order valence-electron chi connectivity index (χ2n) is 10.7. The highest BCUT2D eigenvalue weighted by Gasteiger charge is 2.23. The molecule has 9 nitrogen and oxygen atoms in total. The summed E-state index contributed by atoms with van der Waals surface area (Å²) in [6.07, 6.45) is 3.42. The van der Waals surface area contributed by atoms with Crippen LogP contribution in [0.25, 0.3) is 10.8 Å². The first-order valence-corrected chi connectivity index (χ1v) is 16.2. The van der Waals surface area contributed by atoms with E-state index >= 15 is 0 Å². The van der Waals surface area contributed by atoms with E-state index in [0.29, 0.717) is 22.6 Å². The Kier molecular flexibility index (Phi) is 13.3. The molecule has 11 heteroatoms. The van der Waals surface area contributed by atoms with Crippen molar-refractivity contribution in [1.82, 2.24) is 0 Å². The van der Waals surface area contributed by atoms with Gasteiger partial charge >= 0.3 is 12.2 Å². The van der Waals surface area contributed by atoms with Crippen LogP contribution in [0.15, 0.2) is 126 Å². The molecule has 4 aromatic carbocycles. The lowest BCUT2D eigenvalue weighted by atomic mass is 10.1. The zero-order valence-corrected chi connectivity index (χ0v) is 28.8. The predicted molar refractivity (Wildman–Crippen MR) is 187 cm³/mol. The molecule has 0 aliphatic rings. The van der Waals surface area contributed by atoms with Crippen LogP contribution in [0.3, 0.4) is 0 Å². The van der Waals surface area contributed by atoms with Gasteiger partial charge in [0.2, 0.25) is 0 Å². The lowest BCUT2D eigenvalue weighted by Crippen LogP contribution is -3.00. The van der Waals surface area contributed by atoms with E-state index in [0.717, 1.165) is 28.2 Å². The molecule has 0 bridgehead atoms. The van der Waals surface area contributed by atoms with Crippen molar-refractivity contribution >= 4 is 61.9 Å². The van der Waals surface area contributed by atoms with Crippen molar-refractivity contribution in [3.8, 4) is 0 Å². The summed E-state index contributed by atoms with van der Waals surface area (Å²) in [5.74, 6) is -0.219. The summed E-state index contributed by atoms with van der Waals surface area (Å²) in [5.41, 5.74) is 2.41. The molecule has 0 atom stereocenters. The lowest BCUT2D eigenvalue weighted by Gasteiger charge is -2.25. The minimum atomic E-state index is -0.632. The average Bonchev–Trinajstić information content (AvgIpc) is 3.09. The van der Waals surface area contributed by atoms with Crippen LogP contribution in [0, 0.1) is 0 Å². The first kappa shape index (κ1) is 35.9. The smallest absolute Gasteiger partial charge is 0.414 e. The Morgan fingerprint density at radius 1 is 0.750 bits per heavy atom. The van der Waals surface area contributed by atoms with Gasteiger partial charge in [0.15, 0.2) is 12.4 Å². The van der Waals surface area contributed by atoms with Crippen LogP contribution >= 0.6 is 15.9 Å². The Labute approximate surface area is 294 Å². The van der Waals surface area contributed by atoms with Gasteiger partial charge < -0.3 is 26.8 Å². The maximum absolute atomic E-state index is 13.8. The molecule has 0 fully saturated rings. The molecule has 0 saturated carbocycles. The molecule has 3 amide bonds. The molecule has 5 rings (SSSR count). The van der Waals surface area contributed by atoms with Gasteiger partial charge in [0.05, 0.1) is 23.2 Å². The van der Waals surface area contributed by atoms with Gasteiger partial charge in [-0.2, -0.15) is 0 Å². The number of fused-ring (bicyclic) bond motifs is 1. The number of carbonyl (C=O) groups excluding carboxylic acids is 3. The molecular weight excluding hydrogens is 696 g/mol. The van der Waals surface area contributed by atoms with Crippen molar-refractivity contribution in [2.45, 2.75) is 19.9 Å². The largest absolute Gasteiger partial charge is 1.00 e. The van der Waals surface area contributed by atoms with Crippen molar-refractivity contribution in [3.05, 3.63) is 132 Å². The normalized spacial score (nSPS) is 10.5. The van der Waals surface area contributed by atoms with Crippen LogP contribution < -0.4 is 32.1 Å². The van der Waals surface area contributed by atoms with Crippen molar-refractivity contribution < 1.29 is 40.8 Å². The number of para-hydroxylation sites is 2. The first-order valence-electron chi connectivity index (χ1n) is 15.4. The van der Waals surface area contributed by atoms with E-state index in [1.807, 2.05) is 102 Å². The molecule has 1 heterocycles. The van der Waals surface area contributed by atoms with Gasteiger partial charge in [-0.3, -0.25) is 15.0 Å². The van der Waals surface area contributed by atoms with E-state index in [2.05, 4.69) is 28.2 Å². The quantitative estimate of drug-likeness (QED) is 0.186. The minimum absolute atomic E-state index is 0. The molecule has 1 aromatic heterocycles. The molecule has 1 N–H and O–H groups in total. The van der Waals surface area contributed by atoms with Gasteiger partial charge in [0.1, 0.15) is 25.3 Å². The fraction of sp³-hybridized carbons (Fsp3) is 0.189. The van der Waals surface area contributed by atoms with Crippen LogP contribution in [-0.4, -0.2) is 44.4 Å². The summed E-state index contributed by atoms with van der Waals surface area (Å²) in [6, 6.07) is 33.4. The Bertz CT molecular complexity index is 1820. The second-order valence-corrected chi connectivity index (χ2v) is 11.6. The fourth-order valence-corrected chi connectivity index (χ4v) is 5.67. The van der Waals surface area contributed by atoms with Gasteiger partial charge in [0, 0.05) is 23.2 Å². The Morgan fingerprint density at radius 2 is 1.35 bits per heavy atom. The molecule has 0 aliphatic heterocycles. The summed E-state index contributed by atoms with van der Waals surface area (Å²) in [4.78, 5) is 42.9. The van der Waals surface area contributed by atoms with Crippen molar-refractivity contribution in [3.63, 3.8) is 0 Å². The average molecular weight is 732 g/mol. The number of carbonyl (C=O) groups is 3. The number of anilines is 3. The highest BCUT2D eigenvalue weighted by molar-refractivity contribution is 9.10. The highest BCUT2D eigenvalue weighted by atomic mass is 79.9. The van der Waals surface area contributed by atoms with E-state index < -0.39 is 12.2 Å². The van der Waals surface area contributed by atoms with Crippen LogP contribution in [0.1, 0.15) is 23.7 Å². The summed E-state index contributed by atoms with van der Waals surface area (Å²) < 4.78 is 13.9. The zero-order chi connectivity index (χ0) is 33.0. The molecule has 48 heavy (non-hydrogen) atoms. The van der Waals surface area contributed by atoms with E-state index in [9.17, 15) is 14.4 Å². The van der Waals surface area contributed by atoms with Crippen LogP contribution in [-0.2, 0) is 16.0 Å². The van der Waals surface area contributed by atoms with E-state index in [1.165, 1.54) is 4.90 Å². The SMILES string of the molecule is CCC[n+]1cc(Br)cc(C(=O)N(CCOC(=O)N(CCOC(=O)Nc2cccc3ccccc23)c2ccccc2)c2ccccc2)c1.[Cl-]. The van der Waals surface area contributed by atoms with E-state index in [1.54, 1.807) is 29.2 Å². The number of halogens is 2. The third kappa shape index (κ3) is 9.56. The van der Waals surface area contributed by atoms with Crippen LogP contribution in [0.5, 0.6) is 0 Å². The second kappa shape index (κ2) is 17.8. The number of benzene rings is 4. The Balaban J connectivity index is 0.00000520. The molecular formula is C37H36BrClN4O5. The number of aryl methyl sites for hydroxylation is 1. The number of nitrogens with zero attached hydrogens (tertiary/aromatic N) is 3. The number of ether oxygens (including phenoxy) is 2. The van der Waals surface area contributed by atoms with Gasteiger partial charge in [-0.1, -0.05) is 79.7 Å². The first-order chi connectivity index (χ1) is 22.9. The van der Waals surface area contributed by atoms with Crippen LogP contribution in [0.2, 0.25) is 0 Å². The molecule has 0 unspecified atom stereocenters. The Morgan fingerprint density at radius 3 is 2.06 bits per heavy atom. The molecule has 5 aromatic rings. The topological polar surface area (TPSA) is 92.1 Å². The lowest BCUT2D eigenvalue weighted by molar-refractivity contribution is -0.697. The number of amides is 3. The van der Waals surface area contributed by atoms with E-state index in [4.69, 9.17) is 9.47 Å². The third-order valence-corrected chi connectivity index (χ3v) is 7.77. The molecule has 0 saturated heterocycles. The fourth-order valence-electron chi connectivity index (χ4n) is 5.16. The minimum Gasteiger partial charge on any atom is -1.00 e. The number of hydrogen-bond donors (Lipinski definition) is 1. The maximum atomic E-state index is 13.8. The Hall–Kier alpha value is -4.93. The monoisotopic (exact) mass is 730 g/mol. The van der Waals surface area contributed by atoms with Gasteiger partial charge in [-0.25, -0.2) is 14.2 Å².